The summed E-state index contributed by atoms with van der Waals surface area (Å²) in [5.74, 6) is 0.583. The third-order valence-electron chi connectivity index (χ3n) is 1.49. The molecule has 0 aliphatic rings. The zero-order chi connectivity index (χ0) is 9.84. The molecule has 0 saturated carbocycles. The Morgan fingerprint density at radius 3 is 2.62 bits per heavy atom. The van der Waals surface area contributed by atoms with Crippen molar-refractivity contribution in [1.82, 2.24) is 4.98 Å². The van der Waals surface area contributed by atoms with Gasteiger partial charge in [0.15, 0.2) is 11.8 Å². The lowest BCUT2D eigenvalue weighted by Crippen LogP contribution is -2.22. The average molecular weight is 196 g/mol. The number of hydrogen-bond acceptors (Lipinski definition) is 3. The molecule has 0 radical (unpaired) electrons. The normalized spacial score (nSPS) is 9.69. The minimum Gasteiger partial charge on any atom is -0.370 e. The van der Waals surface area contributed by atoms with Crippen LogP contribution in [0.15, 0.2) is 22.0 Å². The lowest BCUT2D eigenvalue weighted by atomic mass is 10.4. The largest absolute Gasteiger partial charge is 0.370 e. The molecule has 5 heteroatoms. The van der Waals surface area contributed by atoms with Crippen LogP contribution in [-0.4, -0.2) is 17.2 Å². The van der Waals surface area contributed by atoms with Crippen LogP contribution in [0.4, 0.5) is 5.82 Å². The van der Waals surface area contributed by atoms with Gasteiger partial charge in [0, 0.05) is 4.90 Å². The predicted molar refractivity (Wildman–Crippen MR) is 56.2 cm³/mol. The molecule has 4 N–H and O–H groups in total. The standard InChI is InChI=1S/C8H12N4S/c1-5-6(13-2)3-4-7(11-5)12-8(9)10/h3-4H,1-2H3,(H4,9,10,11,12). The van der Waals surface area contributed by atoms with Gasteiger partial charge in [-0.25, -0.2) is 4.98 Å². The van der Waals surface area contributed by atoms with Gasteiger partial charge in [-0.3, -0.25) is 0 Å². The molecular formula is C8H12N4S. The topological polar surface area (TPSA) is 77.3 Å². The molecular weight excluding hydrogens is 184 g/mol. The van der Waals surface area contributed by atoms with Gasteiger partial charge in [0.2, 0.25) is 0 Å². The Labute approximate surface area is 81.4 Å². The number of nitrogens with two attached hydrogens (primary N) is 2. The van der Waals surface area contributed by atoms with Gasteiger partial charge in [-0.05, 0) is 25.3 Å². The van der Waals surface area contributed by atoms with Crippen LogP contribution >= 0.6 is 11.8 Å². The van der Waals surface area contributed by atoms with E-state index in [2.05, 4.69) is 9.98 Å². The maximum Gasteiger partial charge on any atom is 0.192 e. The zero-order valence-electron chi connectivity index (χ0n) is 7.61. The summed E-state index contributed by atoms with van der Waals surface area (Å²) >= 11 is 1.65. The zero-order valence-corrected chi connectivity index (χ0v) is 8.43. The van der Waals surface area contributed by atoms with E-state index in [4.69, 9.17) is 11.5 Å². The molecule has 4 nitrogen and oxygen atoms in total. The van der Waals surface area contributed by atoms with Crippen LogP contribution in [0, 0.1) is 6.92 Å². The fourth-order valence-corrected chi connectivity index (χ4v) is 1.49. The van der Waals surface area contributed by atoms with Crippen LogP contribution in [0.1, 0.15) is 5.69 Å². The van der Waals surface area contributed by atoms with Gasteiger partial charge in [0.1, 0.15) is 0 Å². The number of rotatable bonds is 2. The van der Waals surface area contributed by atoms with E-state index in [1.807, 2.05) is 19.2 Å². The molecule has 0 bridgehead atoms. The number of aromatic nitrogens is 1. The molecule has 1 aromatic heterocycles. The molecule has 0 spiro atoms. The van der Waals surface area contributed by atoms with E-state index in [1.54, 1.807) is 17.8 Å². The molecule has 0 aliphatic carbocycles. The summed E-state index contributed by atoms with van der Waals surface area (Å²) in [6.07, 6.45) is 2.00. The fourth-order valence-electron chi connectivity index (χ4n) is 0.945. The lowest BCUT2D eigenvalue weighted by molar-refractivity contribution is 1.10. The highest BCUT2D eigenvalue weighted by Crippen LogP contribution is 2.20. The van der Waals surface area contributed by atoms with E-state index in [1.165, 1.54) is 0 Å². The molecule has 0 atom stereocenters. The summed E-state index contributed by atoms with van der Waals surface area (Å²) in [7, 11) is 0. The monoisotopic (exact) mass is 196 g/mol. The predicted octanol–water partition coefficient (Wildman–Crippen LogP) is 1.02. The van der Waals surface area contributed by atoms with E-state index in [0.29, 0.717) is 5.82 Å². The summed E-state index contributed by atoms with van der Waals surface area (Å²) < 4.78 is 0. The van der Waals surface area contributed by atoms with Crippen LogP contribution in [-0.2, 0) is 0 Å². The molecule has 13 heavy (non-hydrogen) atoms. The minimum atomic E-state index is 0.0313. The van der Waals surface area contributed by atoms with Crippen molar-refractivity contribution in [3.8, 4) is 0 Å². The quantitative estimate of drug-likeness (QED) is 0.420. The molecule has 0 aliphatic heterocycles. The number of pyridine rings is 1. The Balaban J connectivity index is 3.03. The second-order valence-corrected chi connectivity index (χ2v) is 3.34. The van der Waals surface area contributed by atoms with Crippen molar-refractivity contribution in [2.24, 2.45) is 16.5 Å². The van der Waals surface area contributed by atoms with Crippen molar-refractivity contribution in [1.29, 1.82) is 0 Å². The molecule has 0 saturated heterocycles. The van der Waals surface area contributed by atoms with Gasteiger partial charge >= 0.3 is 0 Å². The summed E-state index contributed by atoms with van der Waals surface area (Å²) in [6, 6.07) is 3.74. The van der Waals surface area contributed by atoms with Gasteiger partial charge < -0.3 is 11.5 Å². The Hall–Kier alpha value is -1.23. The highest BCUT2D eigenvalue weighted by Gasteiger charge is 1.99. The second-order valence-electron chi connectivity index (χ2n) is 2.49. The van der Waals surface area contributed by atoms with Crippen molar-refractivity contribution in [2.75, 3.05) is 6.26 Å². The lowest BCUT2D eigenvalue weighted by Gasteiger charge is -2.01. The van der Waals surface area contributed by atoms with Crippen LogP contribution in [0.25, 0.3) is 0 Å². The molecule has 1 rings (SSSR count). The van der Waals surface area contributed by atoms with Crippen molar-refractivity contribution in [3.63, 3.8) is 0 Å². The number of aryl methyl sites for hydroxylation is 1. The maximum atomic E-state index is 5.23. The summed E-state index contributed by atoms with van der Waals surface area (Å²) in [6.45, 7) is 1.93. The van der Waals surface area contributed by atoms with Gasteiger partial charge in [-0.15, -0.1) is 11.8 Å². The molecule has 0 amide bonds. The van der Waals surface area contributed by atoms with Gasteiger partial charge in [-0.2, -0.15) is 4.99 Å². The first kappa shape index (κ1) is 9.85. The van der Waals surface area contributed by atoms with Crippen LogP contribution in [0.5, 0.6) is 0 Å². The van der Waals surface area contributed by atoms with Crippen molar-refractivity contribution >= 4 is 23.5 Å². The van der Waals surface area contributed by atoms with Crippen molar-refractivity contribution < 1.29 is 0 Å². The van der Waals surface area contributed by atoms with Crippen LogP contribution < -0.4 is 11.5 Å². The smallest absolute Gasteiger partial charge is 0.192 e. The van der Waals surface area contributed by atoms with E-state index in [0.717, 1.165) is 10.6 Å². The van der Waals surface area contributed by atoms with E-state index in [-0.39, 0.29) is 5.96 Å². The minimum absolute atomic E-state index is 0.0313. The van der Waals surface area contributed by atoms with E-state index >= 15 is 0 Å². The molecule has 0 fully saturated rings. The third kappa shape index (κ3) is 2.62. The Kier molecular flexibility index (Phi) is 3.13. The highest BCUT2D eigenvalue weighted by molar-refractivity contribution is 7.98. The SMILES string of the molecule is CSc1ccc(N=C(N)N)nc1C. The summed E-state index contributed by atoms with van der Waals surface area (Å²) in [5, 5.41) is 0. The first-order valence-corrected chi connectivity index (χ1v) is 4.97. The van der Waals surface area contributed by atoms with Gasteiger partial charge in [0.25, 0.3) is 0 Å². The first-order chi connectivity index (χ1) is 6.13. The maximum absolute atomic E-state index is 5.23. The molecule has 1 aromatic rings. The van der Waals surface area contributed by atoms with Crippen molar-refractivity contribution in [2.45, 2.75) is 11.8 Å². The first-order valence-electron chi connectivity index (χ1n) is 3.74. The Morgan fingerprint density at radius 1 is 1.46 bits per heavy atom. The average Bonchev–Trinajstić information content (AvgIpc) is 2.03. The van der Waals surface area contributed by atoms with Gasteiger partial charge in [0.05, 0.1) is 5.69 Å². The molecule has 0 aromatic carbocycles. The van der Waals surface area contributed by atoms with E-state index < -0.39 is 0 Å². The number of aliphatic imine (C=N–C) groups is 1. The highest BCUT2D eigenvalue weighted by atomic mass is 32.2. The summed E-state index contributed by atoms with van der Waals surface area (Å²) in [5.41, 5.74) is 11.4. The van der Waals surface area contributed by atoms with Gasteiger partial charge in [-0.1, -0.05) is 0 Å². The Morgan fingerprint density at radius 2 is 2.15 bits per heavy atom. The van der Waals surface area contributed by atoms with E-state index in [9.17, 15) is 0 Å². The third-order valence-corrected chi connectivity index (χ3v) is 2.36. The molecule has 70 valence electrons. The second kappa shape index (κ2) is 4.13. The van der Waals surface area contributed by atoms with Crippen LogP contribution in [0.2, 0.25) is 0 Å². The number of nitrogens with zero attached hydrogens (tertiary/aromatic N) is 2. The number of thioether (sulfide) groups is 1. The molecule has 0 unspecified atom stereocenters. The summed E-state index contributed by atoms with van der Waals surface area (Å²) in [4.78, 5) is 9.20. The van der Waals surface area contributed by atoms with Crippen LogP contribution in [0.3, 0.4) is 0 Å². The fraction of sp³-hybridized carbons (Fsp3) is 0.250. The number of hydrogen-bond donors (Lipinski definition) is 2. The molecule has 1 heterocycles. The Bertz CT molecular complexity index is 331. The number of guanidine groups is 1. The van der Waals surface area contributed by atoms with Crippen molar-refractivity contribution in [3.05, 3.63) is 17.8 Å².